The zero-order chi connectivity index (χ0) is 22.9. The molecule has 1 unspecified atom stereocenters. The van der Waals surface area contributed by atoms with Gasteiger partial charge in [0.1, 0.15) is 11.2 Å². The molecule has 170 valence electrons. The van der Waals surface area contributed by atoms with Gasteiger partial charge in [0.05, 0.1) is 11.1 Å². The standard InChI is InChI=1S/C23H24N6O2S2/c1-3-18(30)25-14-5-4-6-15(10-14)26-19(31)11-32-23-28-27-21-20-16-8-7-13(2)9-17(16)33-22(20)24-12-29(21)23/h4-6,10,12-13H,3,7-9,11H2,1-2H3,(H,25,30)(H,26,31). The van der Waals surface area contributed by atoms with Crippen molar-refractivity contribution in [1.82, 2.24) is 19.6 Å². The Labute approximate surface area is 199 Å². The molecule has 1 aliphatic rings. The van der Waals surface area contributed by atoms with Crippen LogP contribution in [-0.2, 0) is 22.4 Å². The first-order chi connectivity index (χ1) is 16.0. The molecule has 0 bridgehead atoms. The van der Waals surface area contributed by atoms with E-state index < -0.39 is 0 Å². The molecule has 3 aromatic heterocycles. The van der Waals surface area contributed by atoms with Gasteiger partial charge in [0, 0.05) is 22.7 Å². The number of nitrogens with zero attached hydrogens (tertiary/aromatic N) is 4. The van der Waals surface area contributed by atoms with Gasteiger partial charge >= 0.3 is 0 Å². The van der Waals surface area contributed by atoms with Gasteiger partial charge in [-0.15, -0.1) is 21.5 Å². The van der Waals surface area contributed by atoms with E-state index in [1.165, 1.54) is 28.6 Å². The molecule has 3 heterocycles. The minimum absolute atomic E-state index is 0.0724. The summed E-state index contributed by atoms with van der Waals surface area (Å²) < 4.78 is 1.88. The molecule has 33 heavy (non-hydrogen) atoms. The number of thioether (sulfide) groups is 1. The lowest BCUT2D eigenvalue weighted by molar-refractivity contribution is -0.116. The summed E-state index contributed by atoms with van der Waals surface area (Å²) in [5, 5.41) is 16.2. The maximum atomic E-state index is 12.5. The smallest absolute Gasteiger partial charge is 0.234 e. The molecule has 4 aromatic rings. The van der Waals surface area contributed by atoms with Crippen LogP contribution in [0, 0.1) is 5.92 Å². The average Bonchev–Trinajstić information content (AvgIpc) is 3.38. The fourth-order valence-corrected chi connectivity index (χ4v) is 6.12. The highest BCUT2D eigenvalue weighted by atomic mass is 32.2. The summed E-state index contributed by atoms with van der Waals surface area (Å²) >= 11 is 3.09. The van der Waals surface area contributed by atoms with Crippen molar-refractivity contribution in [2.45, 2.75) is 44.7 Å². The van der Waals surface area contributed by atoms with Crippen LogP contribution in [0.2, 0.25) is 0 Å². The van der Waals surface area contributed by atoms with Crippen molar-refractivity contribution >= 4 is 62.2 Å². The summed E-state index contributed by atoms with van der Waals surface area (Å²) in [4.78, 5) is 31.2. The molecule has 2 amide bonds. The van der Waals surface area contributed by atoms with Crippen LogP contribution in [0.3, 0.4) is 0 Å². The second-order valence-electron chi connectivity index (χ2n) is 8.27. The quantitative estimate of drug-likeness (QED) is 0.393. The van der Waals surface area contributed by atoms with Gasteiger partial charge in [-0.1, -0.05) is 31.7 Å². The van der Waals surface area contributed by atoms with E-state index >= 15 is 0 Å². The van der Waals surface area contributed by atoms with Gasteiger partial charge in [-0.3, -0.25) is 14.0 Å². The number of nitrogens with one attached hydrogen (secondary N) is 2. The minimum atomic E-state index is -0.161. The molecule has 1 aliphatic carbocycles. The van der Waals surface area contributed by atoms with E-state index in [1.807, 2.05) is 4.40 Å². The molecule has 0 saturated carbocycles. The van der Waals surface area contributed by atoms with E-state index in [1.54, 1.807) is 48.9 Å². The number of carbonyl (C=O) groups excluding carboxylic acids is 2. The van der Waals surface area contributed by atoms with Crippen LogP contribution in [-0.4, -0.2) is 37.1 Å². The molecular formula is C23H24N6O2S2. The summed E-state index contributed by atoms with van der Waals surface area (Å²) in [6.07, 6.45) is 5.48. The second kappa shape index (κ2) is 9.11. The van der Waals surface area contributed by atoms with Crippen LogP contribution < -0.4 is 10.6 Å². The van der Waals surface area contributed by atoms with Gasteiger partial charge in [-0.2, -0.15) is 0 Å². The van der Waals surface area contributed by atoms with Gasteiger partial charge in [0.15, 0.2) is 10.8 Å². The van der Waals surface area contributed by atoms with Gasteiger partial charge in [0.25, 0.3) is 0 Å². The topological polar surface area (TPSA) is 101 Å². The molecule has 1 atom stereocenters. The SMILES string of the molecule is CCC(=O)Nc1cccc(NC(=O)CSc2nnc3c4c5c(sc4ncn23)CC(C)CC5)c1. The van der Waals surface area contributed by atoms with Crippen molar-refractivity contribution in [2.75, 3.05) is 16.4 Å². The second-order valence-corrected chi connectivity index (χ2v) is 10.3. The van der Waals surface area contributed by atoms with Crippen LogP contribution >= 0.6 is 23.1 Å². The summed E-state index contributed by atoms with van der Waals surface area (Å²) in [7, 11) is 0. The predicted octanol–water partition coefficient (Wildman–Crippen LogP) is 4.54. The monoisotopic (exact) mass is 480 g/mol. The van der Waals surface area contributed by atoms with E-state index in [-0.39, 0.29) is 17.6 Å². The first-order valence-corrected chi connectivity index (χ1v) is 12.8. The highest BCUT2D eigenvalue weighted by Gasteiger charge is 2.24. The van der Waals surface area contributed by atoms with Crippen molar-refractivity contribution < 1.29 is 9.59 Å². The van der Waals surface area contributed by atoms with Crippen molar-refractivity contribution in [3.63, 3.8) is 0 Å². The van der Waals surface area contributed by atoms with Gasteiger partial charge in [0.2, 0.25) is 11.8 Å². The summed E-state index contributed by atoms with van der Waals surface area (Å²) in [5.74, 6) is 0.653. The summed E-state index contributed by atoms with van der Waals surface area (Å²) in [6, 6.07) is 7.11. The normalized spacial score (nSPS) is 15.5. The fraction of sp³-hybridized carbons (Fsp3) is 0.348. The lowest BCUT2D eigenvalue weighted by atomic mass is 9.89. The predicted molar refractivity (Wildman–Crippen MR) is 132 cm³/mol. The van der Waals surface area contributed by atoms with Crippen molar-refractivity contribution in [1.29, 1.82) is 0 Å². The molecule has 5 rings (SSSR count). The molecular weight excluding hydrogens is 456 g/mol. The number of aryl methyl sites for hydroxylation is 1. The summed E-state index contributed by atoms with van der Waals surface area (Å²) in [6.45, 7) is 4.09. The van der Waals surface area contributed by atoms with E-state index in [0.717, 1.165) is 28.7 Å². The van der Waals surface area contributed by atoms with Gasteiger partial charge in [-0.25, -0.2) is 4.98 Å². The molecule has 10 heteroatoms. The average molecular weight is 481 g/mol. The molecule has 2 N–H and O–H groups in total. The number of amides is 2. The molecule has 0 spiro atoms. The number of rotatable bonds is 6. The van der Waals surface area contributed by atoms with Crippen molar-refractivity contribution in [3.05, 3.63) is 41.0 Å². The van der Waals surface area contributed by atoms with E-state index in [9.17, 15) is 9.59 Å². The Morgan fingerprint density at radius 3 is 2.79 bits per heavy atom. The van der Waals surface area contributed by atoms with Crippen LogP contribution in [0.5, 0.6) is 0 Å². The highest BCUT2D eigenvalue weighted by Crippen LogP contribution is 2.39. The number of benzene rings is 1. The largest absolute Gasteiger partial charge is 0.326 e. The third-order valence-electron chi connectivity index (χ3n) is 5.76. The zero-order valence-corrected chi connectivity index (χ0v) is 20.1. The lowest BCUT2D eigenvalue weighted by Gasteiger charge is -2.17. The number of hydrogen-bond acceptors (Lipinski definition) is 7. The van der Waals surface area contributed by atoms with Crippen molar-refractivity contribution in [3.8, 4) is 0 Å². The number of thiophene rings is 1. The van der Waals surface area contributed by atoms with Crippen molar-refractivity contribution in [2.24, 2.45) is 5.92 Å². The van der Waals surface area contributed by atoms with Gasteiger partial charge in [-0.05, 0) is 48.9 Å². The number of fused-ring (bicyclic) bond motifs is 5. The Morgan fingerprint density at radius 1 is 1.21 bits per heavy atom. The Morgan fingerprint density at radius 2 is 2.00 bits per heavy atom. The Balaban J connectivity index is 1.30. The molecule has 0 fully saturated rings. The maximum Gasteiger partial charge on any atom is 0.234 e. The molecule has 8 nitrogen and oxygen atoms in total. The summed E-state index contributed by atoms with van der Waals surface area (Å²) in [5.41, 5.74) is 3.46. The first-order valence-electron chi connectivity index (χ1n) is 11.0. The molecule has 0 radical (unpaired) electrons. The van der Waals surface area contributed by atoms with Crippen LogP contribution in [0.1, 0.15) is 37.1 Å². The first kappa shape index (κ1) is 21.8. The van der Waals surface area contributed by atoms with Gasteiger partial charge < -0.3 is 10.6 Å². The number of anilines is 2. The fourth-order valence-electron chi connectivity index (χ4n) is 4.07. The maximum absolute atomic E-state index is 12.5. The molecule has 1 aromatic carbocycles. The Bertz CT molecular complexity index is 1360. The zero-order valence-electron chi connectivity index (χ0n) is 18.4. The number of aromatic nitrogens is 4. The highest BCUT2D eigenvalue weighted by molar-refractivity contribution is 7.99. The van der Waals surface area contributed by atoms with Crippen LogP contribution in [0.4, 0.5) is 11.4 Å². The molecule has 0 saturated heterocycles. The van der Waals surface area contributed by atoms with Crippen LogP contribution in [0.15, 0.2) is 35.7 Å². The Hall–Kier alpha value is -2.98. The van der Waals surface area contributed by atoms with E-state index in [4.69, 9.17) is 0 Å². The minimum Gasteiger partial charge on any atom is -0.326 e. The Kier molecular flexibility index (Phi) is 6.03. The van der Waals surface area contributed by atoms with E-state index in [0.29, 0.717) is 28.9 Å². The van der Waals surface area contributed by atoms with Crippen LogP contribution in [0.25, 0.3) is 15.9 Å². The lowest BCUT2D eigenvalue weighted by Crippen LogP contribution is -2.15. The number of carbonyl (C=O) groups is 2. The number of hydrogen-bond donors (Lipinski definition) is 2. The van der Waals surface area contributed by atoms with E-state index in [2.05, 4.69) is 32.7 Å². The molecule has 0 aliphatic heterocycles. The third kappa shape index (κ3) is 4.45. The third-order valence-corrected chi connectivity index (χ3v) is 7.86.